The first-order chi connectivity index (χ1) is 17.0. The van der Waals surface area contributed by atoms with E-state index in [4.69, 9.17) is 10.5 Å². The van der Waals surface area contributed by atoms with Crippen LogP contribution in [0.4, 0.5) is 19.0 Å². The van der Waals surface area contributed by atoms with Crippen LogP contribution in [0.3, 0.4) is 0 Å². The molecule has 2 aromatic heterocycles. The fourth-order valence-electron chi connectivity index (χ4n) is 4.77. The molecule has 1 unspecified atom stereocenters. The van der Waals surface area contributed by atoms with Gasteiger partial charge in [-0.05, 0) is 30.5 Å². The third-order valence-corrected chi connectivity index (χ3v) is 6.70. The van der Waals surface area contributed by atoms with E-state index in [0.717, 1.165) is 16.9 Å². The van der Waals surface area contributed by atoms with Crippen LogP contribution in [0.5, 0.6) is 5.75 Å². The lowest BCUT2D eigenvalue weighted by Gasteiger charge is -2.31. The number of nitrogens with two attached hydrogens (primary N) is 1. The van der Waals surface area contributed by atoms with Crippen molar-refractivity contribution >= 4 is 28.3 Å². The average Bonchev–Trinajstić information content (AvgIpc) is 3.45. The van der Waals surface area contributed by atoms with Gasteiger partial charge in [-0.25, -0.2) is 23.1 Å². The molecule has 4 aromatic rings. The molecule has 0 radical (unpaired) electrons. The summed E-state index contributed by atoms with van der Waals surface area (Å²) in [5.74, 6) is -2.12. The third kappa shape index (κ3) is 4.20. The highest BCUT2D eigenvalue weighted by Gasteiger charge is 2.42. The van der Waals surface area contributed by atoms with E-state index in [1.807, 2.05) is 32.0 Å². The number of hydrogen-bond acceptors (Lipinski definition) is 5. The van der Waals surface area contributed by atoms with Crippen molar-refractivity contribution in [2.45, 2.75) is 38.7 Å². The first kappa shape index (κ1) is 23.9. The van der Waals surface area contributed by atoms with Crippen LogP contribution in [-0.4, -0.2) is 44.8 Å². The number of imidazole rings is 1. The van der Waals surface area contributed by atoms with Crippen LogP contribution in [-0.2, 0) is 0 Å². The maximum atomic E-state index is 14.8. The molecule has 188 valence electrons. The highest BCUT2D eigenvalue weighted by Crippen LogP contribution is 2.41. The molecule has 36 heavy (non-hydrogen) atoms. The number of aryl methyl sites for hydroxylation is 1. The SMILES string of the molecule is CC1CC(F)(F)C1.Cc1ccc2c(c1)OCC2N(C)C(=O)c1cc2c(cc1F)nc(N)c1cncn12. The quantitative estimate of drug-likeness (QED) is 0.413. The average molecular weight is 498 g/mol. The summed E-state index contributed by atoms with van der Waals surface area (Å²) < 4.78 is 45.9. The van der Waals surface area contributed by atoms with Crippen molar-refractivity contribution in [3.8, 4) is 5.75 Å². The number of nitrogen functional groups attached to an aromatic ring is 1. The summed E-state index contributed by atoms with van der Waals surface area (Å²) in [6, 6.07) is 8.30. The summed E-state index contributed by atoms with van der Waals surface area (Å²) in [6.45, 7) is 4.16. The molecule has 0 spiro atoms. The first-order valence-corrected chi connectivity index (χ1v) is 11.6. The number of fused-ring (bicyclic) bond motifs is 4. The smallest absolute Gasteiger partial charge is 0.257 e. The Hall–Kier alpha value is -3.82. The monoisotopic (exact) mass is 497 g/mol. The number of hydrogen-bond donors (Lipinski definition) is 1. The van der Waals surface area contributed by atoms with Gasteiger partial charge in [-0.2, -0.15) is 0 Å². The minimum atomic E-state index is -2.31. The lowest BCUT2D eigenvalue weighted by molar-refractivity contribution is -0.104. The topological polar surface area (TPSA) is 85.8 Å². The number of alkyl halides is 2. The lowest BCUT2D eigenvalue weighted by atomic mass is 9.83. The Bertz CT molecular complexity index is 1480. The summed E-state index contributed by atoms with van der Waals surface area (Å²) in [5.41, 5.74) is 9.39. The number of benzene rings is 2. The fraction of sp³-hybridized carbons (Fsp3) is 0.346. The molecule has 0 saturated heterocycles. The van der Waals surface area contributed by atoms with Gasteiger partial charge in [-0.15, -0.1) is 0 Å². The fourth-order valence-corrected chi connectivity index (χ4v) is 4.77. The Morgan fingerprint density at radius 3 is 2.64 bits per heavy atom. The molecular weight excluding hydrogens is 471 g/mol. The standard InChI is InChI=1S/C21H18FN5O2.C5H8F2/c1-11-3-4-12-18(9-29-19(12)5-11)26(2)21(28)13-6-16-15(7-14(13)22)25-20(23)17-8-24-10-27(16)17;1-4-2-5(6,7)3-4/h3-8,10,18H,9H2,1-2H3,(H2,23,25);4H,2-3H2,1H3. The third-order valence-electron chi connectivity index (χ3n) is 6.70. The molecule has 1 saturated carbocycles. The van der Waals surface area contributed by atoms with E-state index in [1.54, 1.807) is 24.0 Å². The van der Waals surface area contributed by atoms with E-state index in [0.29, 0.717) is 23.2 Å². The number of aromatic nitrogens is 3. The predicted octanol–water partition coefficient (Wildman–Crippen LogP) is 5.17. The number of halogens is 3. The number of nitrogens with zero attached hydrogens (tertiary/aromatic N) is 4. The minimum Gasteiger partial charge on any atom is -0.491 e. The Morgan fingerprint density at radius 2 is 1.97 bits per heavy atom. The number of anilines is 1. The molecule has 6 rings (SSSR count). The summed E-state index contributed by atoms with van der Waals surface area (Å²) in [4.78, 5) is 23.0. The Balaban J connectivity index is 0.000000330. The molecule has 2 aromatic carbocycles. The molecule has 1 aliphatic carbocycles. The van der Waals surface area contributed by atoms with E-state index < -0.39 is 17.6 Å². The van der Waals surface area contributed by atoms with E-state index in [9.17, 15) is 18.0 Å². The van der Waals surface area contributed by atoms with Crippen molar-refractivity contribution in [2.24, 2.45) is 5.92 Å². The highest BCUT2D eigenvalue weighted by atomic mass is 19.3. The second-order valence-corrected chi connectivity index (χ2v) is 9.62. The van der Waals surface area contributed by atoms with Crippen molar-refractivity contribution in [1.29, 1.82) is 0 Å². The number of ether oxygens (including phenoxy) is 1. The number of rotatable bonds is 2. The van der Waals surface area contributed by atoms with E-state index in [-0.39, 0.29) is 36.2 Å². The second-order valence-electron chi connectivity index (χ2n) is 9.62. The lowest BCUT2D eigenvalue weighted by Crippen LogP contribution is -2.33. The van der Waals surface area contributed by atoms with Crippen molar-refractivity contribution < 1.29 is 22.7 Å². The molecule has 1 atom stereocenters. The minimum absolute atomic E-state index is 0.0397. The van der Waals surface area contributed by atoms with Crippen LogP contribution in [0.2, 0.25) is 0 Å². The van der Waals surface area contributed by atoms with Gasteiger partial charge >= 0.3 is 0 Å². The predicted molar refractivity (Wildman–Crippen MR) is 130 cm³/mol. The molecule has 0 bridgehead atoms. The normalized spacial score (nSPS) is 18.2. The summed E-state index contributed by atoms with van der Waals surface area (Å²) in [5, 5.41) is 0. The molecule has 1 amide bonds. The zero-order valence-electron chi connectivity index (χ0n) is 20.1. The first-order valence-electron chi connectivity index (χ1n) is 11.6. The van der Waals surface area contributed by atoms with Gasteiger partial charge in [0.15, 0.2) is 0 Å². The van der Waals surface area contributed by atoms with Crippen molar-refractivity contribution in [3.05, 3.63) is 65.4 Å². The second kappa shape index (κ2) is 8.69. The van der Waals surface area contributed by atoms with E-state index in [2.05, 4.69) is 9.97 Å². The van der Waals surface area contributed by atoms with Crippen LogP contribution in [0, 0.1) is 18.7 Å². The maximum Gasteiger partial charge on any atom is 0.257 e. The van der Waals surface area contributed by atoms with Crippen LogP contribution in [0.25, 0.3) is 16.6 Å². The zero-order chi connectivity index (χ0) is 25.8. The molecule has 2 N–H and O–H groups in total. The molecule has 1 aliphatic heterocycles. The van der Waals surface area contributed by atoms with Gasteiger partial charge < -0.3 is 15.4 Å². The summed E-state index contributed by atoms with van der Waals surface area (Å²) >= 11 is 0. The van der Waals surface area contributed by atoms with Crippen molar-refractivity contribution in [1.82, 2.24) is 19.3 Å². The van der Waals surface area contributed by atoms with Gasteiger partial charge in [-0.1, -0.05) is 19.1 Å². The van der Waals surface area contributed by atoms with Gasteiger partial charge in [0, 0.05) is 31.5 Å². The maximum absolute atomic E-state index is 14.8. The molecule has 3 heterocycles. The van der Waals surface area contributed by atoms with Crippen molar-refractivity contribution in [3.63, 3.8) is 0 Å². The van der Waals surface area contributed by atoms with Gasteiger partial charge in [0.25, 0.3) is 5.91 Å². The van der Waals surface area contributed by atoms with Crippen LogP contribution < -0.4 is 10.5 Å². The summed E-state index contributed by atoms with van der Waals surface area (Å²) in [6.07, 6.45) is 3.35. The Morgan fingerprint density at radius 1 is 1.22 bits per heavy atom. The molecular formula is C26H26F3N5O2. The van der Waals surface area contributed by atoms with E-state index in [1.165, 1.54) is 17.0 Å². The van der Waals surface area contributed by atoms with Crippen LogP contribution in [0.15, 0.2) is 42.9 Å². The molecule has 10 heteroatoms. The number of likely N-dealkylation sites (N-methyl/N-ethyl adjacent to an activating group) is 1. The molecule has 7 nitrogen and oxygen atoms in total. The molecule has 1 fully saturated rings. The molecule has 2 aliphatic rings. The van der Waals surface area contributed by atoms with Gasteiger partial charge in [0.05, 0.1) is 35.2 Å². The van der Waals surface area contributed by atoms with Crippen LogP contribution in [0.1, 0.15) is 47.3 Å². The Kier molecular flexibility index (Phi) is 5.77. The largest absolute Gasteiger partial charge is 0.491 e. The van der Waals surface area contributed by atoms with Gasteiger partial charge in [0.1, 0.15) is 29.5 Å². The van der Waals surface area contributed by atoms with Gasteiger partial charge in [-0.3, -0.25) is 9.20 Å². The number of carbonyl (C=O) groups is 1. The Labute approximate surface area is 205 Å². The summed E-state index contributed by atoms with van der Waals surface area (Å²) in [7, 11) is 1.66. The van der Waals surface area contributed by atoms with Gasteiger partial charge in [0.2, 0.25) is 5.92 Å². The number of carbonyl (C=O) groups excluding carboxylic acids is 1. The van der Waals surface area contributed by atoms with Crippen molar-refractivity contribution in [2.75, 3.05) is 19.4 Å². The van der Waals surface area contributed by atoms with Crippen LogP contribution >= 0.6 is 0 Å². The number of amides is 1. The zero-order valence-corrected chi connectivity index (χ0v) is 20.1. The van der Waals surface area contributed by atoms with E-state index >= 15 is 0 Å². The highest BCUT2D eigenvalue weighted by molar-refractivity contribution is 5.98.